The minimum absolute atomic E-state index is 0.189. The summed E-state index contributed by atoms with van der Waals surface area (Å²) >= 11 is 0. The number of nitriles is 1. The van der Waals surface area contributed by atoms with Crippen LogP contribution in [0.4, 0.5) is 0 Å². The average molecular weight is 136 g/mol. The van der Waals surface area contributed by atoms with Crippen LogP contribution in [-0.2, 0) is 0 Å². The lowest BCUT2D eigenvalue weighted by atomic mass is 10.5. The van der Waals surface area contributed by atoms with E-state index >= 15 is 0 Å². The molecule has 0 atom stereocenters. The monoisotopic (exact) mass is 136 g/mol. The second kappa shape index (κ2) is 4.27. The van der Waals surface area contributed by atoms with Crippen molar-refractivity contribution in [2.75, 3.05) is 0 Å². The molecule has 0 aliphatic carbocycles. The summed E-state index contributed by atoms with van der Waals surface area (Å²) in [6.07, 6.45) is 1.28. The van der Waals surface area contributed by atoms with E-state index in [9.17, 15) is 0 Å². The molecule has 4 heteroatoms. The van der Waals surface area contributed by atoms with Gasteiger partial charge in [0.1, 0.15) is 17.6 Å². The number of nitrogens with zero attached hydrogens (tertiary/aromatic N) is 3. The van der Waals surface area contributed by atoms with Gasteiger partial charge in [-0.25, -0.2) is 4.99 Å². The second-order valence-corrected chi connectivity index (χ2v) is 1.55. The fourth-order valence-corrected chi connectivity index (χ4v) is 0.341. The topological polar surface area (TPSA) is 74.5 Å². The molecule has 4 nitrogen and oxygen atoms in total. The van der Waals surface area contributed by atoms with E-state index < -0.39 is 0 Å². The van der Waals surface area contributed by atoms with Crippen LogP contribution in [0, 0.1) is 11.3 Å². The molecule has 0 bridgehead atoms. The average Bonchev–Trinajstić information content (AvgIpc) is 1.88. The van der Waals surface area contributed by atoms with Crippen molar-refractivity contribution in [3.8, 4) is 6.07 Å². The Bertz CT molecular complexity index is 218. The number of rotatable bonds is 2. The molecule has 0 aliphatic rings. The Morgan fingerprint density at radius 1 is 1.80 bits per heavy atom. The van der Waals surface area contributed by atoms with E-state index in [-0.39, 0.29) is 5.82 Å². The molecule has 0 saturated heterocycles. The van der Waals surface area contributed by atoms with Gasteiger partial charge in [0, 0.05) is 0 Å². The van der Waals surface area contributed by atoms with E-state index in [4.69, 9.17) is 11.0 Å². The third-order valence-electron chi connectivity index (χ3n) is 0.682. The summed E-state index contributed by atoms with van der Waals surface area (Å²) in [5.41, 5.74) is 5.55. The smallest absolute Gasteiger partial charge is 0.142 e. The van der Waals surface area contributed by atoms with Crippen molar-refractivity contribution in [3.05, 3.63) is 12.0 Å². The normalized spacial score (nSPS) is 12.4. The van der Waals surface area contributed by atoms with Gasteiger partial charge in [0.25, 0.3) is 0 Å². The molecule has 0 saturated carbocycles. The highest BCUT2D eigenvalue weighted by atomic mass is 14.9. The third kappa shape index (κ3) is 3.38. The van der Waals surface area contributed by atoms with E-state index in [1.54, 1.807) is 6.92 Å². The van der Waals surface area contributed by atoms with Crippen molar-refractivity contribution in [3.63, 3.8) is 0 Å². The van der Waals surface area contributed by atoms with Crippen LogP contribution in [0.3, 0.4) is 0 Å². The minimum Gasteiger partial charge on any atom is -0.382 e. The molecule has 0 aromatic heterocycles. The van der Waals surface area contributed by atoms with Gasteiger partial charge in [-0.2, -0.15) is 5.26 Å². The first-order valence-electron chi connectivity index (χ1n) is 2.57. The Labute approximate surface area is 59.4 Å². The van der Waals surface area contributed by atoms with Crippen LogP contribution in [0.1, 0.15) is 6.92 Å². The van der Waals surface area contributed by atoms with Gasteiger partial charge in [-0.1, -0.05) is 0 Å². The van der Waals surface area contributed by atoms with Crippen molar-refractivity contribution in [2.45, 2.75) is 6.92 Å². The van der Waals surface area contributed by atoms with Gasteiger partial charge >= 0.3 is 0 Å². The maximum Gasteiger partial charge on any atom is 0.142 e. The first-order chi connectivity index (χ1) is 4.70. The number of hydrogen-bond donors (Lipinski definition) is 1. The summed E-state index contributed by atoms with van der Waals surface area (Å²) in [5.74, 6) is 0.189. The molecular formula is C6H8N4. The highest BCUT2D eigenvalue weighted by molar-refractivity contribution is 5.96. The van der Waals surface area contributed by atoms with Crippen molar-refractivity contribution in [2.24, 2.45) is 15.7 Å². The first-order valence-corrected chi connectivity index (χ1v) is 2.57. The van der Waals surface area contributed by atoms with E-state index in [1.807, 2.05) is 6.07 Å². The zero-order valence-electron chi connectivity index (χ0n) is 5.70. The summed E-state index contributed by atoms with van der Waals surface area (Å²) in [4.78, 5) is 7.02. The fraction of sp³-hybridized carbons (Fsp3) is 0.167. The van der Waals surface area contributed by atoms with Gasteiger partial charge in [0.2, 0.25) is 0 Å². The quantitative estimate of drug-likeness (QED) is 0.559. The summed E-state index contributed by atoms with van der Waals surface area (Å²) in [6.45, 7) is 4.73. The molecular weight excluding hydrogens is 128 g/mol. The lowest BCUT2D eigenvalue weighted by Gasteiger charge is -1.87. The predicted octanol–water partition coefficient (Wildman–Crippen LogP) is 0.429. The van der Waals surface area contributed by atoms with Crippen LogP contribution in [0.25, 0.3) is 0 Å². The molecule has 0 aromatic rings. The van der Waals surface area contributed by atoms with Gasteiger partial charge < -0.3 is 5.73 Å². The Morgan fingerprint density at radius 2 is 2.40 bits per heavy atom. The van der Waals surface area contributed by atoms with Gasteiger partial charge in [0.05, 0.1) is 6.20 Å². The predicted molar refractivity (Wildman–Crippen MR) is 40.5 cm³/mol. The van der Waals surface area contributed by atoms with Crippen LogP contribution >= 0.6 is 0 Å². The Balaban J connectivity index is 4.29. The van der Waals surface area contributed by atoms with Gasteiger partial charge in [0.15, 0.2) is 0 Å². The molecule has 0 rings (SSSR count). The standard InChI is InChI=1S/C6H8N4/c1-5(3-7)10-6(8)4-9-2/h4H,2,8H2,1H3/b6-4-,10-5?. The van der Waals surface area contributed by atoms with Crippen LogP contribution < -0.4 is 5.73 Å². The molecule has 0 amide bonds. The van der Waals surface area contributed by atoms with E-state index in [2.05, 4.69) is 16.7 Å². The molecule has 0 unspecified atom stereocenters. The highest BCUT2D eigenvalue weighted by Crippen LogP contribution is 1.87. The maximum atomic E-state index is 8.24. The molecule has 0 fully saturated rings. The lowest BCUT2D eigenvalue weighted by Crippen LogP contribution is -1.96. The number of nitrogens with two attached hydrogens (primary N) is 1. The maximum absolute atomic E-state index is 8.24. The number of aliphatic imine (C=N–C) groups is 2. The largest absolute Gasteiger partial charge is 0.382 e. The fourth-order valence-electron chi connectivity index (χ4n) is 0.341. The summed E-state index contributed by atoms with van der Waals surface area (Å²) in [6, 6.07) is 1.82. The van der Waals surface area contributed by atoms with E-state index in [0.29, 0.717) is 5.71 Å². The van der Waals surface area contributed by atoms with Crippen LogP contribution in [-0.4, -0.2) is 12.4 Å². The van der Waals surface area contributed by atoms with E-state index in [1.165, 1.54) is 6.20 Å². The first kappa shape index (κ1) is 8.37. The minimum atomic E-state index is 0.189. The zero-order valence-corrected chi connectivity index (χ0v) is 5.70. The highest BCUT2D eigenvalue weighted by Gasteiger charge is 1.85. The van der Waals surface area contributed by atoms with Gasteiger partial charge in [-0.05, 0) is 13.6 Å². The molecule has 0 radical (unpaired) electrons. The van der Waals surface area contributed by atoms with Crippen LogP contribution in [0.15, 0.2) is 22.0 Å². The third-order valence-corrected chi connectivity index (χ3v) is 0.682. The Hall–Kier alpha value is -1.63. The summed E-state index contributed by atoms with van der Waals surface area (Å²) in [5, 5.41) is 8.24. The molecule has 0 heterocycles. The summed E-state index contributed by atoms with van der Waals surface area (Å²) in [7, 11) is 0. The summed E-state index contributed by atoms with van der Waals surface area (Å²) < 4.78 is 0. The number of hydrogen-bond acceptors (Lipinski definition) is 4. The SMILES string of the molecule is C=N/C=C(/N)N=C(C)C#N. The molecule has 10 heavy (non-hydrogen) atoms. The van der Waals surface area contributed by atoms with Crippen molar-refractivity contribution in [1.82, 2.24) is 0 Å². The molecule has 0 spiro atoms. The van der Waals surface area contributed by atoms with Crippen LogP contribution in [0.5, 0.6) is 0 Å². The Kier molecular flexibility index (Phi) is 3.57. The van der Waals surface area contributed by atoms with Crippen molar-refractivity contribution in [1.29, 1.82) is 5.26 Å². The zero-order chi connectivity index (χ0) is 7.98. The van der Waals surface area contributed by atoms with E-state index in [0.717, 1.165) is 0 Å². The second-order valence-electron chi connectivity index (χ2n) is 1.55. The Morgan fingerprint density at radius 3 is 2.80 bits per heavy atom. The lowest BCUT2D eigenvalue weighted by molar-refractivity contribution is 1.21. The van der Waals surface area contributed by atoms with Crippen molar-refractivity contribution >= 4 is 12.4 Å². The molecule has 0 aliphatic heterocycles. The molecule has 52 valence electrons. The van der Waals surface area contributed by atoms with Crippen LogP contribution in [0.2, 0.25) is 0 Å². The van der Waals surface area contributed by atoms with Gasteiger partial charge in [-0.15, -0.1) is 0 Å². The van der Waals surface area contributed by atoms with Crippen molar-refractivity contribution < 1.29 is 0 Å². The molecule has 0 aromatic carbocycles. The molecule has 2 N–H and O–H groups in total. The van der Waals surface area contributed by atoms with Gasteiger partial charge in [-0.3, -0.25) is 4.99 Å².